The zero-order valence-electron chi connectivity index (χ0n) is 14.6. The van der Waals surface area contributed by atoms with Crippen LogP contribution in [0.15, 0.2) is 18.2 Å². The fourth-order valence-electron chi connectivity index (χ4n) is 3.08. The first-order valence-electron chi connectivity index (χ1n) is 8.57. The summed E-state index contributed by atoms with van der Waals surface area (Å²) in [5, 5.41) is 3.11. The smallest absolute Gasteiger partial charge is 0.224 e. The molecule has 0 aliphatic carbocycles. The summed E-state index contributed by atoms with van der Waals surface area (Å²) in [7, 11) is 0. The third-order valence-corrected chi connectivity index (χ3v) is 4.22. The molecule has 1 heterocycles. The zero-order valence-corrected chi connectivity index (χ0v) is 16.2. The van der Waals surface area contributed by atoms with Crippen molar-refractivity contribution in [1.82, 2.24) is 4.90 Å². The SMILES string of the molecule is CCCN1Cc2cccc(NC(=O)CCCCCCN)c2C1.Cl.Cl. The van der Waals surface area contributed by atoms with Gasteiger partial charge in [-0.3, -0.25) is 9.69 Å². The van der Waals surface area contributed by atoms with Crippen molar-refractivity contribution in [2.24, 2.45) is 5.73 Å². The molecule has 0 spiro atoms. The van der Waals surface area contributed by atoms with Gasteiger partial charge in [0, 0.05) is 25.2 Å². The number of nitrogens with zero attached hydrogens (tertiary/aromatic N) is 1. The van der Waals surface area contributed by atoms with Crippen LogP contribution in [0.5, 0.6) is 0 Å². The van der Waals surface area contributed by atoms with Crippen LogP contribution in [0.1, 0.15) is 56.6 Å². The highest BCUT2D eigenvalue weighted by atomic mass is 35.5. The van der Waals surface area contributed by atoms with Crippen molar-refractivity contribution >= 4 is 36.4 Å². The van der Waals surface area contributed by atoms with Crippen LogP contribution in [0.3, 0.4) is 0 Å². The number of carbonyl (C=O) groups excluding carboxylic acids is 1. The fraction of sp³-hybridized carbons (Fsp3) is 0.611. The van der Waals surface area contributed by atoms with Crippen molar-refractivity contribution in [3.05, 3.63) is 29.3 Å². The molecule has 1 aromatic carbocycles. The number of unbranched alkanes of at least 4 members (excludes halogenated alkanes) is 3. The highest BCUT2D eigenvalue weighted by Crippen LogP contribution is 2.29. The molecule has 0 atom stereocenters. The monoisotopic (exact) mass is 375 g/mol. The van der Waals surface area contributed by atoms with E-state index in [2.05, 4.69) is 23.2 Å². The topological polar surface area (TPSA) is 58.4 Å². The van der Waals surface area contributed by atoms with Gasteiger partial charge in [-0.1, -0.05) is 31.9 Å². The molecule has 1 aliphatic rings. The molecule has 1 amide bonds. The number of halogens is 2. The number of amides is 1. The molecular weight excluding hydrogens is 345 g/mol. The van der Waals surface area contributed by atoms with Crippen LogP contribution in [0.25, 0.3) is 0 Å². The molecule has 138 valence electrons. The van der Waals surface area contributed by atoms with Crippen molar-refractivity contribution in [2.75, 3.05) is 18.4 Å². The van der Waals surface area contributed by atoms with Crippen molar-refractivity contribution < 1.29 is 4.79 Å². The number of carbonyl (C=O) groups is 1. The third-order valence-electron chi connectivity index (χ3n) is 4.22. The maximum atomic E-state index is 12.1. The third kappa shape index (κ3) is 6.98. The highest BCUT2D eigenvalue weighted by Gasteiger charge is 2.21. The molecule has 1 aliphatic heterocycles. The number of hydrogen-bond acceptors (Lipinski definition) is 3. The van der Waals surface area contributed by atoms with Crippen LogP contribution >= 0.6 is 24.8 Å². The lowest BCUT2D eigenvalue weighted by Crippen LogP contribution is -2.17. The van der Waals surface area contributed by atoms with Gasteiger partial charge >= 0.3 is 0 Å². The molecule has 24 heavy (non-hydrogen) atoms. The minimum Gasteiger partial charge on any atom is -0.330 e. The van der Waals surface area contributed by atoms with Crippen molar-refractivity contribution in [3.8, 4) is 0 Å². The van der Waals surface area contributed by atoms with Crippen molar-refractivity contribution in [1.29, 1.82) is 0 Å². The van der Waals surface area contributed by atoms with Crippen LogP contribution in [0.2, 0.25) is 0 Å². The molecule has 0 bridgehead atoms. The molecule has 6 heteroatoms. The van der Waals surface area contributed by atoms with E-state index in [1.165, 1.54) is 17.5 Å². The first-order chi connectivity index (χ1) is 10.7. The Bertz CT molecular complexity index is 497. The van der Waals surface area contributed by atoms with Crippen LogP contribution in [-0.4, -0.2) is 23.9 Å². The van der Waals surface area contributed by atoms with E-state index in [1.54, 1.807) is 0 Å². The Balaban J connectivity index is 0.00000264. The Kier molecular flexibility index (Phi) is 12.1. The van der Waals surface area contributed by atoms with Crippen molar-refractivity contribution in [3.63, 3.8) is 0 Å². The Morgan fingerprint density at radius 2 is 1.92 bits per heavy atom. The maximum absolute atomic E-state index is 12.1. The van der Waals surface area contributed by atoms with Crippen LogP contribution < -0.4 is 11.1 Å². The zero-order chi connectivity index (χ0) is 15.8. The van der Waals surface area contributed by atoms with Gasteiger partial charge in [-0.15, -0.1) is 24.8 Å². The molecule has 0 aromatic heterocycles. The molecule has 0 saturated heterocycles. The number of benzene rings is 1. The average Bonchev–Trinajstić information content (AvgIpc) is 2.91. The summed E-state index contributed by atoms with van der Waals surface area (Å²) in [6, 6.07) is 6.25. The molecule has 0 saturated carbocycles. The van der Waals surface area contributed by atoms with Crippen LogP contribution in [0, 0.1) is 0 Å². The molecule has 0 radical (unpaired) electrons. The first kappa shape index (κ1) is 23.2. The van der Waals surface area contributed by atoms with Gasteiger partial charge in [-0.2, -0.15) is 0 Å². The summed E-state index contributed by atoms with van der Waals surface area (Å²) < 4.78 is 0. The van der Waals surface area contributed by atoms with Crippen LogP contribution in [0.4, 0.5) is 5.69 Å². The summed E-state index contributed by atoms with van der Waals surface area (Å²) in [5.74, 6) is 0.134. The lowest BCUT2D eigenvalue weighted by molar-refractivity contribution is -0.116. The van der Waals surface area contributed by atoms with E-state index in [0.29, 0.717) is 6.42 Å². The Morgan fingerprint density at radius 1 is 1.17 bits per heavy atom. The van der Waals surface area contributed by atoms with Gasteiger partial charge in [-0.25, -0.2) is 0 Å². The molecule has 0 unspecified atom stereocenters. The number of fused-ring (bicyclic) bond motifs is 1. The lowest BCUT2D eigenvalue weighted by Gasteiger charge is -2.13. The minimum absolute atomic E-state index is 0. The normalized spacial score (nSPS) is 12.9. The summed E-state index contributed by atoms with van der Waals surface area (Å²) in [5.41, 5.74) is 9.13. The van der Waals surface area contributed by atoms with E-state index < -0.39 is 0 Å². The highest BCUT2D eigenvalue weighted by molar-refractivity contribution is 5.91. The second kappa shape index (κ2) is 12.5. The lowest BCUT2D eigenvalue weighted by atomic mass is 10.1. The maximum Gasteiger partial charge on any atom is 0.224 e. The Morgan fingerprint density at radius 3 is 2.62 bits per heavy atom. The minimum atomic E-state index is 0. The largest absolute Gasteiger partial charge is 0.330 e. The molecule has 3 N–H and O–H groups in total. The summed E-state index contributed by atoms with van der Waals surface area (Å²) >= 11 is 0. The number of rotatable bonds is 9. The van der Waals surface area contributed by atoms with Gasteiger partial charge < -0.3 is 11.1 Å². The molecule has 4 nitrogen and oxygen atoms in total. The number of hydrogen-bond donors (Lipinski definition) is 2. The van der Waals surface area contributed by atoms with Gasteiger partial charge in [0.25, 0.3) is 0 Å². The van der Waals surface area contributed by atoms with Crippen molar-refractivity contribution in [2.45, 2.75) is 58.5 Å². The van der Waals surface area contributed by atoms with Gasteiger partial charge in [0.15, 0.2) is 0 Å². The van der Waals surface area contributed by atoms with E-state index in [4.69, 9.17) is 5.73 Å². The molecule has 1 aromatic rings. The van der Waals surface area contributed by atoms with Crippen LogP contribution in [-0.2, 0) is 17.9 Å². The van der Waals surface area contributed by atoms with Gasteiger partial charge in [0.05, 0.1) is 0 Å². The quantitative estimate of drug-likeness (QED) is 0.638. The second-order valence-electron chi connectivity index (χ2n) is 6.15. The summed E-state index contributed by atoms with van der Waals surface area (Å²) in [6.45, 7) is 6.03. The van der Waals surface area contributed by atoms with E-state index >= 15 is 0 Å². The molecule has 2 rings (SSSR count). The Hall–Kier alpha value is -0.810. The predicted octanol–water partition coefficient (Wildman–Crippen LogP) is 4.10. The predicted molar refractivity (Wildman–Crippen MR) is 106 cm³/mol. The van der Waals surface area contributed by atoms with E-state index in [-0.39, 0.29) is 30.7 Å². The van der Waals surface area contributed by atoms with Gasteiger partial charge in [0.1, 0.15) is 0 Å². The number of nitrogens with two attached hydrogens (primary N) is 1. The summed E-state index contributed by atoms with van der Waals surface area (Å²) in [4.78, 5) is 14.5. The molecular formula is C18H31Cl2N3O. The van der Waals surface area contributed by atoms with E-state index in [0.717, 1.165) is 57.5 Å². The molecule has 0 fully saturated rings. The Labute approximate surface area is 158 Å². The first-order valence-corrected chi connectivity index (χ1v) is 8.57. The van der Waals surface area contributed by atoms with E-state index in [1.807, 2.05) is 12.1 Å². The fourth-order valence-corrected chi connectivity index (χ4v) is 3.08. The van der Waals surface area contributed by atoms with Gasteiger partial charge in [-0.05, 0) is 49.5 Å². The van der Waals surface area contributed by atoms with E-state index in [9.17, 15) is 4.79 Å². The number of nitrogens with one attached hydrogen (secondary N) is 1. The summed E-state index contributed by atoms with van der Waals surface area (Å²) in [6.07, 6.45) is 5.98. The van der Waals surface area contributed by atoms with Gasteiger partial charge in [0.2, 0.25) is 5.91 Å². The standard InChI is InChI=1S/C18H29N3O.2ClH/c1-2-12-21-13-15-8-7-9-17(16(15)14-21)20-18(22)10-5-3-4-6-11-19;;/h7-9H,2-6,10-14,19H2,1H3,(H,20,22);2*1H. The average molecular weight is 376 g/mol. The second-order valence-corrected chi connectivity index (χ2v) is 6.15. The number of anilines is 1.